The van der Waals surface area contributed by atoms with Crippen LogP contribution in [0.3, 0.4) is 0 Å². The van der Waals surface area contributed by atoms with E-state index >= 15 is 0 Å². The molecule has 30 heavy (non-hydrogen) atoms. The zero-order chi connectivity index (χ0) is 21.1. The lowest BCUT2D eigenvalue weighted by Crippen LogP contribution is -2.39. The number of hydrogen-bond donors (Lipinski definition) is 1. The number of hydrogen-bond acceptors (Lipinski definition) is 5. The van der Waals surface area contributed by atoms with Crippen molar-refractivity contribution in [2.45, 2.75) is 25.4 Å². The average Bonchev–Trinajstić information content (AvgIpc) is 3.41. The molecular formula is C22H21Cl2N3O3. The number of ether oxygens (including phenoxy) is 1. The third kappa shape index (κ3) is 4.61. The number of halogens is 2. The second kappa shape index (κ2) is 9.08. The molecule has 1 aliphatic heterocycles. The standard InChI is InChI=1S/C22H21Cl2N3O3/c1-29-17-7-4-14(5-8-17)22-25-16(13-30-22)12-27-10-2-3-20(27)21(28)26-19-11-15(23)6-9-18(19)24/h4-9,11,13,20H,2-3,10,12H2,1H3,(H,26,28). The highest BCUT2D eigenvalue weighted by molar-refractivity contribution is 6.35. The summed E-state index contributed by atoms with van der Waals surface area (Å²) >= 11 is 12.2. The van der Waals surface area contributed by atoms with Gasteiger partial charge < -0.3 is 14.5 Å². The summed E-state index contributed by atoms with van der Waals surface area (Å²) in [7, 11) is 1.63. The van der Waals surface area contributed by atoms with Gasteiger partial charge in [0.1, 0.15) is 12.0 Å². The van der Waals surface area contributed by atoms with Crippen LogP contribution in [-0.2, 0) is 11.3 Å². The number of nitrogens with zero attached hydrogens (tertiary/aromatic N) is 2. The fourth-order valence-corrected chi connectivity index (χ4v) is 3.91. The quantitative estimate of drug-likeness (QED) is 0.560. The summed E-state index contributed by atoms with van der Waals surface area (Å²) < 4.78 is 10.8. The van der Waals surface area contributed by atoms with Crippen LogP contribution in [0.1, 0.15) is 18.5 Å². The van der Waals surface area contributed by atoms with Gasteiger partial charge in [0.2, 0.25) is 11.8 Å². The lowest BCUT2D eigenvalue weighted by atomic mass is 10.2. The second-order valence-electron chi connectivity index (χ2n) is 7.11. The number of aromatic nitrogens is 1. The summed E-state index contributed by atoms with van der Waals surface area (Å²) in [5, 5.41) is 3.87. The highest BCUT2D eigenvalue weighted by atomic mass is 35.5. The molecule has 8 heteroatoms. The Morgan fingerprint density at radius 1 is 1.27 bits per heavy atom. The predicted octanol–water partition coefficient (Wildman–Crippen LogP) is 5.26. The SMILES string of the molecule is COc1ccc(-c2nc(CN3CCCC3C(=O)Nc3cc(Cl)ccc3Cl)co2)cc1. The molecule has 4 rings (SSSR count). The Kier molecular flexibility index (Phi) is 6.27. The summed E-state index contributed by atoms with van der Waals surface area (Å²) in [5.74, 6) is 1.21. The van der Waals surface area contributed by atoms with Gasteiger partial charge in [0.25, 0.3) is 0 Å². The molecule has 1 atom stereocenters. The van der Waals surface area contributed by atoms with E-state index in [1.165, 1.54) is 0 Å². The van der Waals surface area contributed by atoms with Gasteiger partial charge in [0, 0.05) is 17.1 Å². The maximum atomic E-state index is 12.9. The lowest BCUT2D eigenvalue weighted by molar-refractivity contribution is -0.120. The molecule has 0 saturated carbocycles. The largest absolute Gasteiger partial charge is 0.497 e. The van der Waals surface area contributed by atoms with E-state index in [9.17, 15) is 4.79 Å². The molecule has 6 nitrogen and oxygen atoms in total. The Balaban J connectivity index is 1.43. The number of benzene rings is 2. The van der Waals surface area contributed by atoms with Crippen molar-refractivity contribution in [3.63, 3.8) is 0 Å². The first-order valence-electron chi connectivity index (χ1n) is 9.62. The van der Waals surface area contributed by atoms with E-state index in [1.807, 2.05) is 24.3 Å². The number of nitrogens with one attached hydrogen (secondary N) is 1. The van der Waals surface area contributed by atoms with Crippen molar-refractivity contribution in [3.05, 3.63) is 64.5 Å². The zero-order valence-electron chi connectivity index (χ0n) is 16.4. The van der Waals surface area contributed by atoms with Crippen LogP contribution < -0.4 is 10.1 Å². The fourth-order valence-electron chi connectivity index (χ4n) is 3.58. The molecule has 3 aromatic rings. The van der Waals surface area contributed by atoms with Crippen LogP contribution in [0.5, 0.6) is 5.75 Å². The Bertz CT molecular complexity index is 1040. The third-order valence-corrected chi connectivity index (χ3v) is 5.67. The van der Waals surface area contributed by atoms with Crippen LogP contribution >= 0.6 is 23.2 Å². The fraction of sp³-hybridized carbons (Fsp3) is 0.273. The number of likely N-dealkylation sites (tertiary alicyclic amines) is 1. The smallest absolute Gasteiger partial charge is 0.241 e. The van der Waals surface area contributed by atoms with Gasteiger partial charge in [0.15, 0.2) is 0 Å². The van der Waals surface area contributed by atoms with Crippen LogP contribution in [0, 0.1) is 0 Å². The summed E-state index contributed by atoms with van der Waals surface area (Å²) in [5.41, 5.74) is 2.17. The first kappa shape index (κ1) is 20.7. The number of amides is 1. The summed E-state index contributed by atoms with van der Waals surface area (Å²) in [6.45, 7) is 1.34. The molecule has 1 amide bonds. The van der Waals surface area contributed by atoms with Crippen LogP contribution in [-0.4, -0.2) is 35.5 Å². The molecule has 1 unspecified atom stereocenters. The molecular weight excluding hydrogens is 425 g/mol. The van der Waals surface area contributed by atoms with Crippen molar-refractivity contribution in [3.8, 4) is 17.2 Å². The Labute approximate surface area is 184 Å². The number of carbonyl (C=O) groups is 1. The van der Waals surface area contributed by atoms with E-state index in [4.69, 9.17) is 32.4 Å². The molecule has 1 aromatic heterocycles. The normalized spacial score (nSPS) is 16.6. The molecule has 1 saturated heterocycles. The van der Waals surface area contributed by atoms with Gasteiger partial charge in [-0.3, -0.25) is 9.69 Å². The number of methoxy groups -OCH3 is 1. The minimum Gasteiger partial charge on any atom is -0.497 e. The van der Waals surface area contributed by atoms with Crippen molar-refractivity contribution in [2.75, 3.05) is 19.0 Å². The summed E-state index contributed by atoms with van der Waals surface area (Å²) in [6, 6.07) is 12.3. The van der Waals surface area contributed by atoms with Gasteiger partial charge in [0.05, 0.1) is 29.6 Å². The van der Waals surface area contributed by atoms with Crippen LogP contribution in [0.25, 0.3) is 11.5 Å². The maximum Gasteiger partial charge on any atom is 0.241 e. The summed E-state index contributed by atoms with van der Waals surface area (Å²) in [4.78, 5) is 19.5. The number of rotatable bonds is 6. The zero-order valence-corrected chi connectivity index (χ0v) is 17.9. The van der Waals surface area contributed by atoms with Crippen molar-refractivity contribution in [2.24, 2.45) is 0 Å². The molecule has 0 radical (unpaired) electrons. The molecule has 156 valence electrons. The van der Waals surface area contributed by atoms with Crippen LogP contribution in [0.15, 0.2) is 53.1 Å². The molecule has 0 bridgehead atoms. The van der Waals surface area contributed by atoms with E-state index in [0.717, 1.165) is 36.4 Å². The van der Waals surface area contributed by atoms with E-state index < -0.39 is 0 Å². The highest BCUT2D eigenvalue weighted by Gasteiger charge is 2.31. The monoisotopic (exact) mass is 445 g/mol. The number of oxazole rings is 1. The van der Waals surface area contributed by atoms with E-state index in [-0.39, 0.29) is 11.9 Å². The molecule has 1 aliphatic rings. The van der Waals surface area contributed by atoms with E-state index in [2.05, 4.69) is 15.2 Å². The van der Waals surface area contributed by atoms with Crippen LogP contribution in [0.2, 0.25) is 10.0 Å². The van der Waals surface area contributed by atoms with Crippen LogP contribution in [0.4, 0.5) is 5.69 Å². The van der Waals surface area contributed by atoms with Gasteiger partial charge >= 0.3 is 0 Å². The van der Waals surface area contributed by atoms with Crippen molar-refractivity contribution in [1.29, 1.82) is 0 Å². The molecule has 1 N–H and O–H groups in total. The van der Waals surface area contributed by atoms with Crippen molar-refractivity contribution < 1.29 is 13.9 Å². The van der Waals surface area contributed by atoms with Gasteiger partial charge in [-0.05, 0) is 61.9 Å². The first-order chi connectivity index (χ1) is 14.5. The van der Waals surface area contributed by atoms with Crippen molar-refractivity contribution >= 4 is 34.8 Å². The van der Waals surface area contributed by atoms with Gasteiger partial charge in [-0.2, -0.15) is 0 Å². The predicted molar refractivity (Wildman–Crippen MR) is 117 cm³/mol. The Morgan fingerprint density at radius 3 is 2.83 bits per heavy atom. The Morgan fingerprint density at radius 2 is 2.07 bits per heavy atom. The molecule has 2 aromatic carbocycles. The first-order valence-corrected chi connectivity index (χ1v) is 10.4. The van der Waals surface area contributed by atoms with Gasteiger partial charge in [-0.1, -0.05) is 23.2 Å². The minimum atomic E-state index is -0.263. The summed E-state index contributed by atoms with van der Waals surface area (Å²) in [6.07, 6.45) is 3.35. The van der Waals surface area contributed by atoms with E-state index in [0.29, 0.717) is 28.2 Å². The topological polar surface area (TPSA) is 67.6 Å². The number of carbonyl (C=O) groups excluding carboxylic acids is 1. The van der Waals surface area contributed by atoms with Gasteiger partial charge in [-0.25, -0.2) is 4.98 Å². The second-order valence-corrected chi connectivity index (χ2v) is 7.96. The maximum absolute atomic E-state index is 12.9. The molecule has 2 heterocycles. The molecule has 1 fully saturated rings. The molecule has 0 aliphatic carbocycles. The lowest BCUT2D eigenvalue weighted by Gasteiger charge is -2.22. The third-order valence-electron chi connectivity index (χ3n) is 5.11. The highest BCUT2D eigenvalue weighted by Crippen LogP contribution is 2.28. The Hall–Kier alpha value is -2.54. The van der Waals surface area contributed by atoms with E-state index in [1.54, 1.807) is 31.6 Å². The van der Waals surface area contributed by atoms with Crippen molar-refractivity contribution in [1.82, 2.24) is 9.88 Å². The van der Waals surface area contributed by atoms with Gasteiger partial charge in [-0.15, -0.1) is 0 Å². The molecule has 0 spiro atoms. The number of anilines is 1. The average molecular weight is 446 g/mol. The minimum absolute atomic E-state index is 0.101.